The van der Waals surface area contributed by atoms with E-state index in [2.05, 4.69) is 48.4 Å². The Balaban J connectivity index is 1.39. The summed E-state index contributed by atoms with van der Waals surface area (Å²) in [6.45, 7) is 9.95. The Labute approximate surface area is 171 Å². The van der Waals surface area contributed by atoms with Crippen molar-refractivity contribution >= 4 is 16.5 Å². The molecule has 0 radical (unpaired) electrons. The minimum absolute atomic E-state index is 0.871. The summed E-state index contributed by atoms with van der Waals surface area (Å²) in [7, 11) is 1.70. The first-order chi connectivity index (χ1) is 13.6. The summed E-state index contributed by atoms with van der Waals surface area (Å²) in [6, 6.07) is 14.9. The number of rotatable bonds is 5. The normalized spacial score (nSPS) is 15.0. The van der Waals surface area contributed by atoms with Gasteiger partial charge in [-0.15, -0.1) is 11.3 Å². The molecule has 0 atom stereocenters. The lowest BCUT2D eigenvalue weighted by molar-refractivity contribution is -0.914. The van der Waals surface area contributed by atoms with E-state index < -0.39 is 0 Å². The van der Waals surface area contributed by atoms with E-state index in [0.29, 0.717) is 0 Å². The van der Waals surface area contributed by atoms with Gasteiger partial charge in [-0.05, 0) is 31.5 Å². The van der Waals surface area contributed by atoms with E-state index in [4.69, 9.17) is 9.72 Å². The number of quaternary nitrogens is 1. The van der Waals surface area contributed by atoms with Gasteiger partial charge < -0.3 is 14.5 Å². The Hall–Kier alpha value is -2.37. The van der Waals surface area contributed by atoms with Crippen LogP contribution in [-0.4, -0.2) is 38.3 Å². The van der Waals surface area contributed by atoms with Gasteiger partial charge in [0, 0.05) is 16.5 Å². The highest BCUT2D eigenvalue weighted by atomic mass is 32.1. The molecule has 2 heterocycles. The SMILES string of the molecule is COc1cccc(-c2csc(N3CC[NH+](Cc4cc(C)ccc4C)CC3)n2)c1. The van der Waals surface area contributed by atoms with E-state index in [1.165, 1.54) is 16.7 Å². The Morgan fingerprint density at radius 2 is 1.93 bits per heavy atom. The molecule has 4 rings (SSSR count). The molecule has 0 spiro atoms. The smallest absolute Gasteiger partial charge is 0.186 e. The average Bonchev–Trinajstić information content (AvgIpc) is 3.22. The number of thiazole rings is 1. The molecule has 1 aliphatic rings. The molecule has 1 aromatic heterocycles. The zero-order valence-electron chi connectivity index (χ0n) is 16.9. The van der Waals surface area contributed by atoms with E-state index >= 15 is 0 Å². The quantitative estimate of drug-likeness (QED) is 0.720. The fraction of sp³-hybridized carbons (Fsp3) is 0.348. The number of piperazine rings is 1. The molecule has 28 heavy (non-hydrogen) atoms. The molecule has 5 heteroatoms. The summed E-state index contributed by atoms with van der Waals surface area (Å²) in [4.78, 5) is 8.99. The molecule has 1 N–H and O–H groups in total. The zero-order valence-corrected chi connectivity index (χ0v) is 17.7. The van der Waals surface area contributed by atoms with E-state index in [0.717, 1.165) is 54.9 Å². The van der Waals surface area contributed by atoms with Crippen LogP contribution in [0.3, 0.4) is 0 Å². The van der Waals surface area contributed by atoms with Crippen LogP contribution in [0.5, 0.6) is 5.75 Å². The van der Waals surface area contributed by atoms with Crippen molar-refractivity contribution in [3.05, 3.63) is 64.5 Å². The summed E-state index contributed by atoms with van der Waals surface area (Å²) in [6.07, 6.45) is 0. The van der Waals surface area contributed by atoms with Crippen molar-refractivity contribution in [1.82, 2.24) is 4.98 Å². The first-order valence-corrected chi connectivity index (χ1v) is 10.7. The second-order valence-corrected chi connectivity index (χ2v) is 8.43. The van der Waals surface area contributed by atoms with Gasteiger partial charge in [0.15, 0.2) is 5.13 Å². The van der Waals surface area contributed by atoms with Crippen LogP contribution in [0, 0.1) is 13.8 Å². The first kappa shape index (κ1) is 19.0. The third kappa shape index (κ3) is 4.21. The number of ether oxygens (including phenoxy) is 1. The standard InChI is InChI=1S/C23H27N3OS/c1-17-7-8-18(2)20(13-17)15-25-9-11-26(12-10-25)23-24-22(16-28-23)19-5-4-6-21(14-19)27-3/h4-8,13-14,16H,9-12,15H2,1-3H3/p+1. The van der Waals surface area contributed by atoms with Gasteiger partial charge in [-0.3, -0.25) is 0 Å². The molecule has 146 valence electrons. The van der Waals surface area contributed by atoms with E-state index in [9.17, 15) is 0 Å². The van der Waals surface area contributed by atoms with Crippen LogP contribution in [0.4, 0.5) is 5.13 Å². The van der Waals surface area contributed by atoms with Gasteiger partial charge in [-0.1, -0.05) is 35.9 Å². The number of methoxy groups -OCH3 is 1. The van der Waals surface area contributed by atoms with Crippen molar-refractivity contribution in [3.63, 3.8) is 0 Å². The molecule has 4 nitrogen and oxygen atoms in total. The van der Waals surface area contributed by atoms with Gasteiger partial charge in [0.2, 0.25) is 0 Å². The maximum atomic E-state index is 5.34. The second kappa shape index (κ2) is 8.33. The summed E-state index contributed by atoms with van der Waals surface area (Å²) >= 11 is 1.74. The van der Waals surface area contributed by atoms with Gasteiger partial charge in [0.25, 0.3) is 0 Å². The highest BCUT2D eigenvalue weighted by Crippen LogP contribution is 2.29. The molecule has 0 amide bonds. The van der Waals surface area contributed by atoms with E-state index in [1.54, 1.807) is 23.3 Å². The fourth-order valence-corrected chi connectivity index (χ4v) is 4.66. The molecule has 1 fully saturated rings. The number of hydrogen-bond donors (Lipinski definition) is 1. The zero-order chi connectivity index (χ0) is 19.5. The largest absolute Gasteiger partial charge is 0.497 e. The Morgan fingerprint density at radius 3 is 2.71 bits per heavy atom. The highest BCUT2D eigenvalue weighted by Gasteiger charge is 2.23. The summed E-state index contributed by atoms with van der Waals surface area (Å²) in [5, 5.41) is 3.28. The molecule has 0 bridgehead atoms. The Bertz CT molecular complexity index is 945. The molecule has 1 saturated heterocycles. The lowest BCUT2D eigenvalue weighted by Crippen LogP contribution is -3.13. The van der Waals surface area contributed by atoms with Gasteiger partial charge in [0.1, 0.15) is 12.3 Å². The van der Waals surface area contributed by atoms with Crippen molar-refractivity contribution in [1.29, 1.82) is 0 Å². The summed E-state index contributed by atoms with van der Waals surface area (Å²) in [5.74, 6) is 0.871. The second-order valence-electron chi connectivity index (χ2n) is 7.59. The topological polar surface area (TPSA) is 29.8 Å². The van der Waals surface area contributed by atoms with Crippen molar-refractivity contribution in [2.75, 3.05) is 38.2 Å². The molecule has 0 aliphatic carbocycles. The van der Waals surface area contributed by atoms with E-state index in [1.807, 2.05) is 18.2 Å². The van der Waals surface area contributed by atoms with Crippen LogP contribution in [0.15, 0.2) is 47.8 Å². The average molecular weight is 395 g/mol. The van der Waals surface area contributed by atoms with Gasteiger partial charge in [-0.2, -0.15) is 0 Å². The van der Waals surface area contributed by atoms with Crippen LogP contribution in [-0.2, 0) is 6.54 Å². The first-order valence-electron chi connectivity index (χ1n) is 9.87. The minimum atomic E-state index is 0.871. The predicted molar refractivity (Wildman–Crippen MR) is 117 cm³/mol. The number of nitrogens with zero attached hydrogens (tertiary/aromatic N) is 2. The lowest BCUT2D eigenvalue weighted by Gasteiger charge is -2.32. The Kier molecular flexibility index (Phi) is 5.64. The number of benzene rings is 2. The molecule has 0 saturated carbocycles. The summed E-state index contributed by atoms with van der Waals surface area (Å²) in [5.41, 5.74) is 6.39. The molecule has 1 aliphatic heterocycles. The number of hydrogen-bond acceptors (Lipinski definition) is 4. The van der Waals surface area contributed by atoms with Crippen molar-refractivity contribution in [3.8, 4) is 17.0 Å². The maximum Gasteiger partial charge on any atom is 0.186 e. The number of aromatic nitrogens is 1. The third-order valence-electron chi connectivity index (χ3n) is 5.54. The third-order valence-corrected chi connectivity index (χ3v) is 6.45. The maximum absolute atomic E-state index is 5.34. The number of nitrogens with one attached hydrogen (secondary N) is 1. The van der Waals surface area contributed by atoms with Crippen LogP contribution in [0.1, 0.15) is 16.7 Å². The number of anilines is 1. The highest BCUT2D eigenvalue weighted by molar-refractivity contribution is 7.14. The molecule has 0 unspecified atom stereocenters. The molecule has 3 aromatic rings. The van der Waals surface area contributed by atoms with Gasteiger partial charge in [-0.25, -0.2) is 4.98 Å². The van der Waals surface area contributed by atoms with Crippen molar-refractivity contribution in [2.24, 2.45) is 0 Å². The predicted octanol–water partition coefficient (Wildman–Crippen LogP) is 3.34. The van der Waals surface area contributed by atoms with E-state index in [-0.39, 0.29) is 0 Å². The Morgan fingerprint density at radius 1 is 1.11 bits per heavy atom. The van der Waals surface area contributed by atoms with Crippen molar-refractivity contribution in [2.45, 2.75) is 20.4 Å². The van der Waals surface area contributed by atoms with Gasteiger partial charge >= 0.3 is 0 Å². The van der Waals surface area contributed by atoms with Crippen LogP contribution in [0.25, 0.3) is 11.3 Å². The molecule has 2 aromatic carbocycles. The molecular weight excluding hydrogens is 366 g/mol. The number of aryl methyl sites for hydroxylation is 2. The van der Waals surface area contributed by atoms with Gasteiger partial charge in [0.05, 0.1) is 39.0 Å². The minimum Gasteiger partial charge on any atom is -0.497 e. The van der Waals surface area contributed by atoms with Crippen LogP contribution >= 0.6 is 11.3 Å². The van der Waals surface area contributed by atoms with Crippen molar-refractivity contribution < 1.29 is 9.64 Å². The summed E-state index contributed by atoms with van der Waals surface area (Å²) < 4.78 is 5.34. The van der Waals surface area contributed by atoms with Crippen LogP contribution < -0.4 is 14.5 Å². The molecular formula is C23H28N3OS+. The lowest BCUT2D eigenvalue weighted by atomic mass is 10.0. The fourth-order valence-electron chi connectivity index (χ4n) is 3.78. The van der Waals surface area contributed by atoms with Crippen LogP contribution in [0.2, 0.25) is 0 Å². The monoisotopic (exact) mass is 394 g/mol.